The first-order valence-corrected chi connectivity index (χ1v) is 7.70. The van der Waals surface area contributed by atoms with Gasteiger partial charge >= 0.3 is 5.97 Å². The number of nitrogens with zero attached hydrogens (tertiary/aromatic N) is 1. The van der Waals surface area contributed by atoms with Crippen LogP contribution in [0.2, 0.25) is 0 Å². The topological polar surface area (TPSA) is 84.3 Å². The summed E-state index contributed by atoms with van der Waals surface area (Å²) < 4.78 is 23.1. The molecule has 0 saturated carbocycles. The third kappa shape index (κ3) is 2.53. The first kappa shape index (κ1) is 13.0. The summed E-state index contributed by atoms with van der Waals surface area (Å²) in [6.45, 7) is 1.96. The van der Waals surface area contributed by atoms with Gasteiger partial charge in [0.2, 0.25) is 0 Å². The molecule has 1 aromatic rings. The summed E-state index contributed by atoms with van der Waals surface area (Å²) in [7, 11) is -3.10. The molecule has 0 unspecified atom stereocenters. The van der Waals surface area contributed by atoms with Crippen LogP contribution in [0.3, 0.4) is 0 Å². The van der Waals surface area contributed by atoms with Crippen molar-refractivity contribution in [2.75, 3.05) is 5.75 Å². The Bertz CT molecular complexity index is 592. The van der Waals surface area contributed by atoms with Crippen molar-refractivity contribution in [3.05, 3.63) is 28.6 Å². The number of pyridine rings is 1. The molecule has 98 valence electrons. The van der Waals surface area contributed by atoms with E-state index in [9.17, 15) is 13.2 Å². The lowest BCUT2D eigenvalue weighted by Crippen LogP contribution is -2.22. The van der Waals surface area contributed by atoms with Crippen molar-refractivity contribution in [1.82, 2.24) is 4.98 Å². The summed E-state index contributed by atoms with van der Waals surface area (Å²) >= 11 is 0. The highest BCUT2D eigenvalue weighted by Crippen LogP contribution is 2.22. The van der Waals surface area contributed by atoms with Crippen LogP contribution < -0.4 is 0 Å². The Kier molecular flexibility index (Phi) is 3.38. The molecule has 0 aromatic carbocycles. The Labute approximate surface area is 106 Å². The highest BCUT2D eigenvalue weighted by atomic mass is 32.2. The molecule has 1 N–H and O–H groups in total. The molecule has 18 heavy (non-hydrogen) atoms. The molecule has 0 saturated heterocycles. The molecule has 0 aliphatic carbocycles. The van der Waals surface area contributed by atoms with E-state index < -0.39 is 15.8 Å². The van der Waals surface area contributed by atoms with Gasteiger partial charge in [0.25, 0.3) is 0 Å². The van der Waals surface area contributed by atoms with E-state index in [0.717, 1.165) is 12.1 Å². The van der Waals surface area contributed by atoms with Crippen molar-refractivity contribution in [3.63, 3.8) is 0 Å². The third-order valence-electron chi connectivity index (χ3n) is 3.01. The highest BCUT2D eigenvalue weighted by Gasteiger charge is 2.25. The number of carboxylic acid groups (broad SMARTS) is 1. The van der Waals surface area contributed by atoms with Crippen LogP contribution in [0.1, 0.15) is 40.7 Å². The standard InChI is InChI=1S/C12H15NO4S/c1-2-3-11-9(12(14)15)6-8-7-18(16,17)5-4-10(8)13-11/h6H,2-5,7H2,1H3,(H,14,15). The van der Waals surface area contributed by atoms with Crippen LogP contribution in [0.4, 0.5) is 0 Å². The van der Waals surface area contributed by atoms with Crippen LogP contribution in [0.15, 0.2) is 6.07 Å². The molecule has 6 heteroatoms. The van der Waals surface area contributed by atoms with Gasteiger partial charge < -0.3 is 5.11 Å². The molecule has 2 heterocycles. The fourth-order valence-corrected chi connectivity index (χ4v) is 3.52. The van der Waals surface area contributed by atoms with Crippen molar-refractivity contribution < 1.29 is 18.3 Å². The van der Waals surface area contributed by atoms with Crippen LogP contribution in [0, 0.1) is 0 Å². The molecule has 1 aliphatic heterocycles. The lowest BCUT2D eigenvalue weighted by Gasteiger charge is -2.17. The SMILES string of the molecule is CCCc1nc2c(cc1C(=O)O)CS(=O)(=O)CC2. The van der Waals surface area contributed by atoms with Crippen LogP contribution in [-0.4, -0.2) is 30.2 Å². The largest absolute Gasteiger partial charge is 0.478 e. The Hall–Kier alpha value is -1.43. The normalized spacial score (nSPS) is 17.2. The molecule has 1 aromatic heterocycles. The number of carboxylic acids is 1. The number of hydrogen-bond donors (Lipinski definition) is 1. The van der Waals surface area contributed by atoms with Crippen LogP contribution in [0.5, 0.6) is 0 Å². The number of rotatable bonds is 3. The van der Waals surface area contributed by atoms with Crippen molar-refractivity contribution in [3.8, 4) is 0 Å². The number of aryl methyl sites for hydroxylation is 2. The van der Waals surface area contributed by atoms with E-state index in [-0.39, 0.29) is 17.1 Å². The molecule has 2 rings (SSSR count). The zero-order valence-electron chi connectivity index (χ0n) is 10.1. The predicted octanol–water partition coefficient (Wildman–Crippen LogP) is 1.20. The third-order valence-corrected chi connectivity index (χ3v) is 4.59. The number of aromatic nitrogens is 1. The van der Waals surface area contributed by atoms with E-state index in [1.165, 1.54) is 6.07 Å². The summed E-state index contributed by atoms with van der Waals surface area (Å²) in [6, 6.07) is 1.48. The minimum atomic E-state index is -3.10. The van der Waals surface area contributed by atoms with Gasteiger partial charge in [0.15, 0.2) is 9.84 Å². The minimum absolute atomic E-state index is 0.0952. The smallest absolute Gasteiger partial charge is 0.337 e. The second-order valence-electron chi connectivity index (χ2n) is 4.49. The van der Waals surface area contributed by atoms with Crippen molar-refractivity contribution in [2.24, 2.45) is 0 Å². The Morgan fingerprint density at radius 1 is 1.50 bits per heavy atom. The number of aromatic carboxylic acids is 1. The quantitative estimate of drug-likeness (QED) is 0.891. The Morgan fingerprint density at radius 2 is 2.22 bits per heavy atom. The molecular weight excluding hydrogens is 254 g/mol. The van der Waals surface area contributed by atoms with E-state index in [0.29, 0.717) is 24.1 Å². The van der Waals surface area contributed by atoms with Gasteiger partial charge in [0.1, 0.15) is 0 Å². The summed E-state index contributed by atoms with van der Waals surface area (Å²) in [5.41, 5.74) is 1.97. The van der Waals surface area contributed by atoms with Gasteiger partial charge in [-0.1, -0.05) is 13.3 Å². The summed E-state index contributed by atoms with van der Waals surface area (Å²) in [6.07, 6.45) is 1.79. The van der Waals surface area contributed by atoms with Gasteiger partial charge in [0.05, 0.1) is 22.8 Å². The van der Waals surface area contributed by atoms with Crippen LogP contribution in [-0.2, 0) is 28.4 Å². The van der Waals surface area contributed by atoms with Crippen molar-refractivity contribution >= 4 is 15.8 Å². The lowest BCUT2D eigenvalue weighted by atomic mass is 10.0. The molecule has 5 nitrogen and oxygen atoms in total. The predicted molar refractivity (Wildman–Crippen MR) is 66.4 cm³/mol. The van der Waals surface area contributed by atoms with E-state index in [1.54, 1.807) is 0 Å². The second-order valence-corrected chi connectivity index (χ2v) is 6.67. The fraction of sp³-hybridized carbons (Fsp3) is 0.500. The van der Waals surface area contributed by atoms with Crippen molar-refractivity contribution in [2.45, 2.75) is 31.9 Å². The molecular formula is C12H15NO4S. The second kappa shape index (κ2) is 4.68. The van der Waals surface area contributed by atoms with E-state index in [4.69, 9.17) is 5.11 Å². The highest BCUT2D eigenvalue weighted by molar-refractivity contribution is 7.90. The fourth-order valence-electron chi connectivity index (χ4n) is 2.15. The van der Waals surface area contributed by atoms with Crippen LogP contribution in [0.25, 0.3) is 0 Å². The Balaban J connectivity index is 2.52. The maximum absolute atomic E-state index is 11.5. The molecule has 0 bridgehead atoms. The van der Waals surface area contributed by atoms with Crippen molar-refractivity contribution in [1.29, 1.82) is 0 Å². The van der Waals surface area contributed by atoms with Gasteiger partial charge in [0, 0.05) is 12.1 Å². The van der Waals surface area contributed by atoms with Crippen LogP contribution >= 0.6 is 0 Å². The maximum atomic E-state index is 11.5. The van der Waals surface area contributed by atoms with Gasteiger partial charge in [-0.15, -0.1) is 0 Å². The monoisotopic (exact) mass is 269 g/mol. The lowest BCUT2D eigenvalue weighted by molar-refractivity contribution is 0.0695. The number of carbonyl (C=O) groups is 1. The van der Waals surface area contributed by atoms with Gasteiger partial charge in [-0.05, 0) is 18.1 Å². The zero-order valence-corrected chi connectivity index (χ0v) is 11.0. The minimum Gasteiger partial charge on any atom is -0.478 e. The Morgan fingerprint density at radius 3 is 2.83 bits per heavy atom. The van der Waals surface area contributed by atoms with E-state index in [2.05, 4.69) is 4.98 Å². The molecule has 1 aliphatic rings. The van der Waals surface area contributed by atoms with Gasteiger partial charge in [-0.2, -0.15) is 0 Å². The molecule has 0 atom stereocenters. The molecule has 0 radical (unpaired) electrons. The van der Waals surface area contributed by atoms with E-state index >= 15 is 0 Å². The summed E-state index contributed by atoms with van der Waals surface area (Å²) in [5, 5.41) is 9.13. The maximum Gasteiger partial charge on any atom is 0.337 e. The number of hydrogen-bond acceptors (Lipinski definition) is 4. The van der Waals surface area contributed by atoms with E-state index in [1.807, 2.05) is 6.92 Å². The number of sulfone groups is 1. The average Bonchev–Trinajstić information content (AvgIpc) is 2.28. The average molecular weight is 269 g/mol. The van der Waals surface area contributed by atoms with Gasteiger partial charge in [-0.3, -0.25) is 4.98 Å². The van der Waals surface area contributed by atoms with Gasteiger partial charge in [-0.25, -0.2) is 13.2 Å². The zero-order chi connectivity index (χ0) is 13.3. The molecule has 0 fully saturated rings. The first-order valence-electron chi connectivity index (χ1n) is 5.88. The first-order chi connectivity index (χ1) is 8.43. The summed E-state index contributed by atoms with van der Waals surface area (Å²) in [5.74, 6) is -1.04. The number of fused-ring (bicyclic) bond motifs is 1. The molecule has 0 spiro atoms. The molecule has 0 amide bonds. The summed E-state index contributed by atoms with van der Waals surface area (Å²) in [4.78, 5) is 15.5.